The average Bonchev–Trinajstić information content (AvgIpc) is 2.52. The lowest BCUT2D eigenvalue weighted by Crippen LogP contribution is -2.47. The van der Waals surface area contributed by atoms with Crippen molar-refractivity contribution in [3.8, 4) is 0 Å². The summed E-state index contributed by atoms with van der Waals surface area (Å²) >= 11 is 0. The van der Waals surface area contributed by atoms with Gasteiger partial charge >= 0.3 is 5.97 Å². The summed E-state index contributed by atoms with van der Waals surface area (Å²) in [5, 5.41) is 8.73. The first-order chi connectivity index (χ1) is 8.90. The van der Waals surface area contributed by atoms with Crippen molar-refractivity contribution in [3.05, 3.63) is 0 Å². The van der Waals surface area contributed by atoms with Gasteiger partial charge in [-0.25, -0.2) is 0 Å². The van der Waals surface area contributed by atoms with Gasteiger partial charge in [-0.15, -0.1) is 0 Å². The highest BCUT2D eigenvalue weighted by molar-refractivity contribution is 5.87. The Balaban J connectivity index is 2.49. The molecule has 0 aromatic heterocycles. The van der Waals surface area contributed by atoms with Crippen LogP contribution in [0, 0.1) is 0 Å². The van der Waals surface area contributed by atoms with Crippen LogP contribution in [0.5, 0.6) is 0 Å². The van der Waals surface area contributed by atoms with Crippen LogP contribution in [0.2, 0.25) is 0 Å². The number of aliphatic carboxylic acids is 1. The summed E-state index contributed by atoms with van der Waals surface area (Å²) < 4.78 is 0. The van der Waals surface area contributed by atoms with Gasteiger partial charge in [0.2, 0.25) is 11.8 Å². The van der Waals surface area contributed by atoms with Gasteiger partial charge in [0.25, 0.3) is 0 Å². The SMILES string of the molecule is NC(=O)CC(N)C(=O)N1CCCN(CC(=O)O)CC1. The van der Waals surface area contributed by atoms with Crippen LogP contribution in [0.25, 0.3) is 0 Å². The van der Waals surface area contributed by atoms with E-state index in [-0.39, 0.29) is 18.9 Å². The molecule has 1 unspecified atom stereocenters. The maximum absolute atomic E-state index is 12.0. The van der Waals surface area contributed by atoms with Crippen molar-refractivity contribution in [3.63, 3.8) is 0 Å². The lowest BCUT2D eigenvalue weighted by Gasteiger charge is -2.23. The van der Waals surface area contributed by atoms with E-state index in [0.29, 0.717) is 32.6 Å². The summed E-state index contributed by atoms with van der Waals surface area (Å²) in [7, 11) is 0. The number of nitrogens with two attached hydrogens (primary N) is 2. The van der Waals surface area contributed by atoms with E-state index in [1.807, 2.05) is 0 Å². The van der Waals surface area contributed by atoms with Gasteiger partial charge in [-0.1, -0.05) is 0 Å². The largest absolute Gasteiger partial charge is 0.480 e. The van der Waals surface area contributed by atoms with Crippen LogP contribution >= 0.6 is 0 Å². The van der Waals surface area contributed by atoms with Crippen LogP contribution < -0.4 is 11.5 Å². The number of nitrogens with zero attached hydrogens (tertiary/aromatic N) is 2. The van der Waals surface area contributed by atoms with E-state index in [4.69, 9.17) is 16.6 Å². The zero-order chi connectivity index (χ0) is 14.4. The Hall–Kier alpha value is -1.67. The normalized spacial score (nSPS) is 18.7. The molecule has 0 spiro atoms. The third-order valence-corrected chi connectivity index (χ3v) is 3.00. The molecule has 0 bridgehead atoms. The van der Waals surface area contributed by atoms with Crippen molar-refractivity contribution in [1.82, 2.24) is 9.80 Å². The van der Waals surface area contributed by atoms with Crippen LogP contribution in [0.15, 0.2) is 0 Å². The molecule has 19 heavy (non-hydrogen) atoms. The van der Waals surface area contributed by atoms with E-state index < -0.39 is 17.9 Å². The maximum Gasteiger partial charge on any atom is 0.317 e. The molecule has 1 fully saturated rings. The third kappa shape index (κ3) is 5.23. The number of amides is 2. The summed E-state index contributed by atoms with van der Waals surface area (Å²) in [6.07, 6.45) is 0.510. The Morgan fingerprint density at radius 2 is 1.84 bits per heavy atom. The van der Waals surface area contributed by atoms with Gasteiger partial charge in [-0.3, -0.25) is 19.3 Å². The fourth-order valence-electron chi connectivity index (χ4n) is 2.08. The van der Waals surface area contributed by atoms with Crippen LogP contribution in [-0.4, -0.2) is 71.5 Å². The van der Waals surface area contributed by atoms with E-state index >= 15 is 0 Å². The highest BCUT2D eigenvalue weighted by Gasteiger charge is 2.25. The zero-order valence-electron chi connectivity index (χ0n) is 10.7. The molecule has 0 aliphatic carbocycles. The summed E-state index contributed by atoms with van der Waals surface area (Å²) in [4.78, 5) is 36.7. The van der Waals surface area contributed by atoms with Gasteiger partial charge in [-0.2, -0.15) is 0 Å². The minimum absolute atomic E-state index is 0.0324. The number of primary amides is 1. The Morgan fingerprint density at radius 3 is 2.42 bits per heavy atom. The number of hydrogen-bond donors (Lipinski definition) is 3. The zero-order valence-corrected chi connectivity index (χ0v) is 10.7. The third-order valence-electron chi connectivity index (χ3n) is 3.00. The lowest BCUT2D eigenvalue weighted by molar-refractivity contribution is -0.138. The number of carbonyl (C=O) groups excluding carboxylic acids is 2. The Morgan fingerprint density at radius 1 is 1.16 bits per heavy atom. The smallest absolute Gasteiger partial charge is 0.317 e. The quantitative estimate of drug-likeness (QED) is 0.521. The fraction of sp³-hybridized carbons (Fsp3) is 0.727. The first-order valence-electron chi connectivity index (χ1n) is 6.17. The van der Waals surface area contributed by atoms with Crippen molar-refractivity contribution in [2.75, 3.05) is 32.7 Å². The number of carboxylic acids is 1. The van der Waals surface area contributed by atoms with Crippen molar-refractivity contribution < 1.29 is 19.5 Å². The number of rotatable bonds is 5. The van der Waals surface area contributed by atoms with E-state index in [9.17, 15) is 14.4 Å². The minimum Gasteiger partial charge on any atom is -0.480 e. The van der Waals surface area contributed by atoms with Gasteiger partial charge in [0.05, 0.1) is 19.0 Å². The molecule has 5 N–H and O–H groups in total. The summed E-state index contributed by atoms with van der Waals surface area (Å²) in [5.74, 6) is -1.80. The Labute approximate surface area is 111 Å². The maximum atomic E-state index is 12.0. The number of carbonyl (C=O) groups is 3. The average molecular weight is 272 g/mol. The van der Waals surface area contributed by atoms with Crippen LogP contribution in [-0.2, 0) is 14.4 Å². The second-order valence-corrected chi connectivity index (χ2v) is 4.63. The molecule has 1 aliphatic rings. The molecular formula is C11H20N4O4. The Kier molecular flexibility index (Phi) is 5.71. The minimum atomic E-state index is -0.913. The van der Waals surface area contributed by atoms with E-state index in [1.54, 1.807) is 9.80 Å². The second-order valence-electron chi connectivity index (χ2n) is 4.63. The molecule has 0 aromatic rings. The first-order valence-corrected chi connectivity index (χ1v) is 6.17. The van der Waals surface area contributed by atoms with Crippen molar-refractivity contribution in [2.45, 2.75) is 18.9 Å². The van der Waals surface area contributed by atoms with Crippen LogP contribution in [0.3, 0.4) is 0 Å². The number of hydrogen-bond acceptors (Lipinski definition) is 5. The molecule has 0 aromatic carbocycles. The molecule has 0 radical (unpaired) electrons. The Bertz CT molecular complexity index is 361. The molecule has 1 rings (SSSR count). The van der Waals surface area contributed by atoms with E-state index in [0.717, 1.165) is 0 Å². The summed E-state index contributed by atoms with van der Waals surface area (Å²) in [6, 6.07) is -0.913. The predicted molar refractivity (Wildman–Crippen MR) is 67.1 cm³/mol. The second kappa shape index (κ2) is 7.05. The summed E-state index contributed by atoms with van der Waals surface area (Å²) in [5.41, 5.74) is 10.6. The van der Waals surface area contributed by atoms with Gasteiger partial charge in [-0.05, 0) is 6.42 Å². The van der Waals surface area contributed by atoms with Crippen LogP contribution in [0.1, 0.15) is 12.8 Å². The first kappa shape index (κ1) is 15.4. The van der Waals surface area contributed by atoms with Gasteiger partial charge < -0.3 is 21.5 Å². The highest BCUT2D eigenvalue weighted by Crippen LogP contribution is 2.05. The fourth-order valence-corrected chi connectivity index (χ4v) is 2.08. The predicted octanol–water partition coefficient (Wildman–Crippen LogP) is -2.19. The molecule has 8 nitrogen and oxygen atoms in total. The van der Waals surface area contributed by atoms with Gasteiger partial charge in [0, 0.05) is 26.2 Å². The summed E-state index contributed by atoms with van der Waals surface area (Å²) in [6.45, 7) is 2.01. The lowest BCUT2D eigenvalue weighted by atomic mass is 10.2. The molecule has 0 saturated carbocycles. The highest BCUT2D eigenvalue weighted by atomic mass is 16.4. The molecule has 1 saturated heterocycles. The van der Waals surface area contributed by atoms with Gasteiger partial charge in [0.1, 0.15) is 0 Å². The number of carboxylic acid groups (broad SMARTS) is 1. The molecule has 1 aliphatic heterocycles. The molecule has 8 heteroatoms. The van der Waals surface area contributed by atoms with Crippen molar-refractivity contribution in [2.24, 2.45) is 11.5 Å². The van der Waals surface area contributed by atoms with Gasteiger partial charge in [0.15, 0.2) is 0 Å². The molecular weight excluding hydrogens is 252 g/mol. The van der Waals surface area contributed by atoms with Crippen LogP contribution in [0.4, 0.5) is 0 Å². The van der Waals surface area contributed by atoms with E-state index in [2.05, 4.69) is 0 Å². The van der Waals surface area contributed by atoms with E-state index in [1.165, 1.54) is 0 Å². The molecule has 1 heterocycles. The van der Waals surface area contributed by atoms with Crippen molar-refractivity contribution >= 4 is 17.8 Å². The molecule has 1 atom stereocenters. The molecule has 2 amide bonds. The standard InChI is InChI=1S/C11H20N4O4/c12-8(6-9(13)16)11(19)15-3-1-2-14(4-5-15)7-10(17)18/h8H,1-7,12H2,(H2,13,16)(H,17,18). The van der Waals surface area contributed by atoms with Crippen molar-refractivity contribution in [1.29, 1.82) is 0 Å². The monoisotopic (exact) mass is 272 g/mol. The molecule has 108 valence electrons. The topological polar surface area (TPSA) is 130 Å².